The standard InChI is InChI=1S/C18H18Cl3N6P3/c19-30(20,21)25-28-26(22-16-10-4-1-5-11-16)29(24-18-14-8-3-9-15-18)27(30)23-17-12-6-2-7-13-17/h1-15,22-24H. The van der Waals surface area contributed by atoms with E-state index in [1.54, 1.807) is 4.55 Å². The fourth-order valence-corrected chi connectivity index (χ4v) is 11.1. The van der Waals surface area contributed by atoms with Crippen LogP contribution in [0.5, 0.6) is 0 Å². The van der Waals surface area contributed by atoms with Gasteiger partial charge in [-0.2, -0.15) is 0 Å². The number of hydrazine groups is 2. The Hall–Kier alpha value is -1.19. The fraction of sp³-hybridized carbons (Fsp3) is 0. The quantitative estimate of drug-likeness (QED) is 0.285. The van der Waals surface area contributed by atoms with E-state index in [0.717, 1.165) is 17.1 Å². The van der Waals surface area contributed by atoms with Gasteiger partial charge < -0.3 is 0 Å². The molecule has 0 amide bonds. The molecule has 0 aliphatic carbocycles. The number of hydrogen-bond donors (Lipinski definition) is 3. The summed E-state index contributed by atoms with van der Waals surface area (Å²) in [4.78, 5) is -4.13. The molecule has 0 radical (unpaired) electrons. The molecule has 1 aliphatic rings. The second-order valence-corrected chi connectivity index (χ2v) is 18.9. The van der Waals surface area contributed by atoms with Crippen molar-refractivity contribution in [3.8, 4) is 0 Å². The maximum atomic E-state index is 6.75. The van der Waals surface area contributed by atoms with Crippen molar-refractivity contribution in [3.05, 3.63) is 91.0 Å². The molecule has 12 heteroatoms. The number of nitrogens with zero attached hydrogens (tertiary/aromatic N) is 3. The first-order valence-electron chi connectivity index (χ1n) is 8.86. The van der Waals surface area contributed by atoms with E-state index in [9.17, 15) is 0 Å². The molecule has 0 spiro atoms. The molecule has 1 heterocycles. The zero-order valence-corrected chi connectivity index (χ0v) is 20.4. The van der Waals surface area contributed by atoms with Gasteiger partial charge >= 0.3 is 193 Å². The van der Waals surface area contributed by atoms with E-state index in [1.807, 2.05) is 95.5 Å². The number of anilines is 3. The average Bonchev–Trinajstić information content (AvgIpc) is 2.75. The summed E-state index contributed by atoms with van der Waals surface area (Å²) < 4.78 is 7.99. The van der Waals surface area contributed by atoms with Crippen molar-refractivity contribution in [3.63, 3.8) is 0 Å². The van der Waals surface area contributed by atoms with Crippen LogP contribution >= 0.6 is 55.6 Å². The number of rotatable bonds is 6. The molecule has 1 atom stereocenters. The summed E-state index contributed by atoms with van der Waals surface area (Å²) in [5.41, 5.74) is 9.26. The summed E-state index contributed by atoms with van der Waals surface area (Å²) in [5.74, 6) is 0. The summed E-state index contributed by atoms with van der Waals surface area (Å²) in [6.45, 7) is 0. The zero-order chi connectivity index (χ0) is 21.1. The Morgan fingerprint density at radius 3 is 1.70 bits per heavy atom. The molecule has 3 aromatic rings. The Kier molecular flexibility index (Phi) is 6.70. The molecule has 0 saturated carbocycles. The summed E-state index contributed by atoms with van der Waals surface area (Å²) >= 11 is 20.2. The van der Waals surface area contributed by atoms with Crippen molar-refractivity contribution in [2.24, 2.45) is 4.52 Å². The Morgan fingerprint density at radius 1 is 0.700 bits per heavy atom. The first-order chi connectivity index (χ1) is 14.4. The van der Waals surface area contributed by atoms with Gasteiger partial charge in [0.25, 0.3) is 0 Å². The second-order valence-electron chi connectivity index (χ2n) is 6.22. The van der Waals surface area contributed by atoms with Crippen LogP contribution in [0.4, 0.5) is 17.1 Å². The molecule has 4 rings (SSSR count). The van der Waals surface area contributed by atoms with Gasteiger partial charge in [-0.05, 0) is 0 Å². The molecule has 1 unspecified atom stereocenters. The molecule has 156 valence electrons. The van der Waals surface area contributed by atoms with E-state index >= 15 is 0 Å². The van der Waals surface area contributed by atoms with E-state index in [2.05, 4.69) is 20.5 Å². The normalized spacial score (nSPS) is 22.4. The van der Waals surface area contributed by atoms with Crippen molar-refractivity contribution in [2.75, 3.05) is 15.9 Å². The second kappa shape index (κ2) is 9.12. The van der Waals surface area contributed by atoms with Gasteiger partial charge in [0.15, 0.2) is 0 Å². The number of para-hydroxylation sites is 3. The van der Waals surface area contributed by atoms with Crippen LogP contribution < -0.4 is 15.9 Å². The SMILES string of the molecule is ClP1(Cl)(Cl)N=PN(Nc2ccccc2)P(Nc2ccccc2)N1Nc1ccccc1. The van der Waals surface area contributed by atoms with Crippen LogP contribution in [0.1, 0.15) is 0 Å². The average molecular weight is 518 g/mol. The number of benzene rings is 3. The van der Waals surface area contributed by atoms with Crippen LogP contribution in [0, 0.1) is 0 Å². The predicted octanol–water partition coefficient (Wildman–Crippen LogP) is 8.89. The van der Waals surface area contributed by atoms with Crippen molar-refractivity contribution in [1.82, 2.24) is 9.10 Å². The Labute approximate surface area is 192 Å². The third-order valence-corrected chi connectivity index (χ3v) is 14.2. The van der Waals surface area contributed by atoms with Gasteiger partial charge in [0.2, 0.25) is 0 Å². The Bertz CT molecular complexity index is 1010. The molecule has 0 saturated heterocycles. The van der Waals surface area contributed by atoms with Crippen LogP contribution in [0.2, 0.25) is 0 Å². The third-order valence-electron chi connectivity index (χ3n) is 3.93. The monoisotopic (exact) mass is 516 g/mol. The fourth-order valence-electron chi connectivity index (χ4n) is 2.57. The van der Waals surface area contributed by atoms with E-state index in [1.165, 1.54) is 0 Å². The molecule has 0 fully saturated rings. The molecule has 1 aliphatic heterocycles. The summed E-state index contributed by atoms with van der Waals surface area (Å²) in [5, 5.41) is 3.51. The Morgan fingerprint density at radius 2 is 1.17 bits per heavy atom. The maximum absolute atomic E-state index is 6.75. The number of halogens is 3. The first-order valence-corrected chi connectivity index (χ1v) is 15.8. The molecule has 0 aromatic heterocycles. The molecule has 6 nitrogen and oxygen atoms in total. The van der Waals surface area contributed by atoms with Gasteiger partial charge in [0.05, 0.1) is 0 Å². The van der Waals surface area contributed by atoms with E-state index in [-0.39, 0.29) is 0 Å². The first kappa shape index (κ1) is 22.0. The molecule has 3 aromatic carbocycles. The van der Waals surface area contributed by atoms with Crippen molar-refractivity contribution < 1.29 is 0 Å². The summed E-state index contributed by atoms with van der Waals surface area (Å²) in [7, 11) is -0.902. The van der Waals surface area contributed by atoms with Gasteiger partial charge in [-0.15, -0.1) is 0 Å². The summed E-state index contributed by atoms with van der Waals surface area (Å²) in [6, 6.07) is 29.2. The van der Waals surface area contributed by atoms with Gasteiger partial charge in [0.1, 0.15) is 0 Å². The van der Waals surface area contributed by atoms with Crippen LogP contribution in [0.3, 0.4) is 0 Å². The number of nitrogens with one attached hydrogen (secondary N) is 3. The minimum absolute atomic E-state index is 0.507. The number of hydrogen-bond acceptors (Lipinski definition) is 6. The van der Waals surface area contributed by atoms with Gasteiger partial charge in [-0.25, -0.2) is 0 Å². The molecule has 0 bridgehead atoms. The van der Waals surface area contributed by atoms with Crippen LogP contribution in [-0.4, -0.2) is 9.10 Å². The van der Waals surface area contributed by atoms with Gasteiger partial charge in [-0.1, -0.05) is 0 Å². The van der Waals surface area contributed by atoms with E-state index < -0.39 is 13.3 Å². The van der Waals surface area contributed by atoms with Gasteiger partial charge in [0, 0.05) is 0 Å². The van der Waals surface area contributed by atoms with Crippen LogP contribution in [0.25, 0.3) is 0 Å². The van der Waals surface area contributed by atoms with Crippen molar-refractivity contribution in [1.29, 1.82) is 0 Å². The third kappa shape index (κ3) is 5.34. The van der Waals surface area contributed by atoms with Gasteiger partial charge in [-0.3, -0.25) is 0 Å². The van der Waals surface area contributed by atoms with Crippen LogP contribution in [0.15, 0.2) is 95.5 Å². The van der Waals surface area contributed by atoms with Crippen molar-refractivity contribution >= 4 is 72.6 Å². The zero-order valence-electron chi connectivity index (χ0n) is 15.5. The minimum atomic E-state index is -4.13. The van der Waals surface area contributed by atoms with E-state index in [0.29, 0.717) is 8.52 Å². The topological polar surface area (TPSA) is 54.9 Å². The van der Waals surface area contributed by atoms with E-state index in [4.69, 9.17) is 33.7 Å². The summed E-state index contributed by atoms with van der Waals surface area (Å²) in [6.07, 6.45) is 0. The predicted molar refractivity (Wildman–Crippen MR) is 135 cm³/mol. The molecule has 30 heavy (non-hydrogen) atoms. The molecular weight excluding hydrogens is 500 g/mol. The molecule has 3 N–H and O–H groups in total. The molecular formula is C18H18Cl3N6P3. The van der Waals surface area contributed by atoms with Crippen LogP contribution in [-0.2, 0) is 0 Å². The Balaban J connectivity index is 1.72. The van der Waals surface area contributed by atoms with Crippen molar-refractivity contribution in [2.45, 2.75) is 0 Å².